The number of aromatic carboxylic acids is 1. The molecule has 4 nitrogen and oxygen atoms in total. The molecule has 2 aromatic rings. The molecular weight excluding hydrogens is 356 g/mol. The molecule has 1 unspecified atom stereocenters. The van der Waals surface area contributed by atoms with Crippen molar-refractivity contribution in [3.63, 3.8) is 0 Å². The second-order valence-electron chi connectivity index (χ2n) is 5.41. The highest BCUT2D eigenvalue weighted by molar-refractivity contribution is 9.10. The lowest BCUT2D eigenvalue weighted by molar-refractivity contribution is 0.0688. The van der Waals surface area contributed by atoms with Gasteiger partial charge in [-0.25, -0.2) is 9.48 Å². The minimum atomic E-state index is -0.975. The topological polar surface area (TPSA) is 55.1 Å². The lowest BCUT2D eigenvalue weighted by Gasteiger charge is -2.20. The van der Waals surface area contributed by atoms with Gasteiger partial charge in [0.15, 0.2) is 5.69 Å². The third-order valence-corrected chi connectivity index (χ3v) is 5.26. The van der Waals surface area contributed by atoms with Crippen molar-refractivity contribution in [1.29, 1.82) is 0 Å². The van der Waals surface area contributed by atoms with Gasteiger partial charge in [-0.05, 0) is 53.2 Å². The van der Waals surface area contributed by atoms with Crippen molar-refractivity contribution < 1.29 is 9.90 Å². The molecule has 1 heterocycles. The van der Waals surface area contributed by atoms with Gasteiger partial charge in [0.2, 0.25) is 0 Å². The molecule has 1 aromatic carbocycles. The molecule has 0 bridgehead atoms. The van der Waals surface area contributed by atoms with Gasteiger partial charge in [0.05, 0.1) is 15.2 Å². The van der Waals surface area contributed by atoms with Crippen LogP contribution in [0, 0.1) is 5.92 Å². The molecule has 110 valence electrons. The zero-order chi connectivity index (χ0) is 15.1. The lowest BCUT2D eigenvalue weighted by Crippen LogP contribution is -2.14. The summed E-state index contributed by atoms with van der Waals surface area (Å²) < 4.78 is 2.45. The molecule has 0 spiro atoms. The number of fused-ring (bicyclic) bond motifs is 1. The highest BCUT2D eigenvalue weighted by Crippen LogP contribution is 2.34. The number of rotatable bonds is 2. The number of carboxylic acids is 1. The van der Waals surface area contributed by atoms with E-state index < -0.39 is 5.97 Å². The molecule has 6 heteroatoms. The Kier molecular flexibility index (Phi) is 3.80. The lowest BCUT2D eigenvalue weighted by atomic mass is 9.87. The van der Waals surface area contributed by atoms with E-state index in [0.717, 1.165) is 40.7 Å². The fourth-order valence-corrected chi connectivity index (χ4v) is 3.42. The molecule has 0 radical (unpaired) electrons. The number of benzene rings is 1. The van der Waals surface area contributed by atoms with Gasteiger partial charge in [-0.3, -0.25) is 0 Å². The normalized spacial score (nSPS) is 17.6. The Labute approximate surface area is 135 Å². The van der Waals surface area contributed by atoms with Crippen molar-refractivity contribution >= 4 is 33.5 Å². The SMILES string of the molecule is CC1CCc2c(c(C(=O)O)nn2-c2cccc(Cl)c2Br)C1. The van der Waals surface area contributed by atoms with Crippen LogP contribution in [-0.2, 0) is 12.8 Å². The molecule has 0 amide bonds. The van der Waals surface area contributed by atoms with Crippen LogP contribution >= 0.6 is 27.5 Å². The Morgan fingerprint density at radius 1 is 1.52 bits per heavy atom. The third-order valence-electron chi connectivity index (χ3n) is 3.88. The smallest absolute Gasteiger partial charge is 0.356 e. The standard InChI is InChI=1S/C15H14BrClN2O2/c1-8-5-6-11-9(7-8)14(15(20)21)18-19(11)12-4-2-3-10(17)13(12)16/h2-4,8H,5-7H2,1H3,(H,20,21). The minimum absolute atomic E-state index is 0.156. The summed E-state index contributed by atoms with van der Waals surface area (Å²) in [6.07, 6.45) is 2.63. The first-order valence-electron chi connectivity index (χ1n) is 6.77. The van der Waals surface area contributed by atoms with E-state index in [-0.39, 0.29) is 5.69 Å². The molecule has 1 aromatic heterocycles. The average molecular weight is 370 g/mol. The largest absolute Gasteiger partial charge is 0.476 e. The predicted molar refractivity (Wildman–Crippen MR) is 84.4 cm³/mol. The molecule has 3 rings (SSSR count). The highest BCUT2D eigenvalue weighted by atomic mass is 79.9. The van der Waals surface area contributed by atoms with Gasteiger partial charge in [-0.2, -0.15) is 5.10 Å². The van der Waals surface area contributed by atoms with E-state index in [1.807, 2.05) is 12.1 Å². The third kappa shape index (κ3) is 2.49. The minimum Gasteiger partial charge on any atom is -0.476 e. The summed E-state index contributed by atoms with van der Waals surface area (Å²) in [4.78, 5) is 11.5. The van der Waals surface area contributed by atoms with E-state index in [1.165, 1.54) is 0 Å². The Bertz CT molecular complexity index is 727. The quantitative estimate of drug-likeness (QED) is 0.866. The summed E-state index contributed by atoms with van der Waals surface area (Å²) in [6, 6.07) is 5.50. The van der Waals surface area contributed by atoms with Gasteiger partial charge in [0.1, 0.15) is 0 Å². The number of aromatic nitrogens is 2. The van der Waals surface area contributed by atoms with E-state index >= 15 is 0 Å². The van der Waals surface area contributed by atoms with Crippen molar-refractivity contribution in [1.82, 2.24) is 9.78 Å². The maximum atomic E-state index is 11.5. The summed E-state index contributed by atoms with van der Waals surface area (Å²) in [5.41, 5.74) is 2.77. The van der Waals surface area contributed by atoms with Crippen LogP contribution in [-0.4, -0.2) is 20.9 Å². The average Bonchev–Trinajstić information content (AvgIpc) is 2.80. The summed E-state index contributed by atoms with van der Waals surface area (Å²) in [6.45, 7) is 2.14. The van der Waals surface area contributed by atoms with Gasteiger partial charge >= 0.3 is 5.97 Å². The van der Waals surface area contributed by atoms with Crippen LogP contribution in [0.3, 0.4) is 0 Å². The Morgan fingerprint density at radius 2 is 2.29 bits per heavy atom. The van der Waals surface area contributed by atoms with Gasteiger partial charge in [0.25, 0.3) is 0 Å². The molecule has 1 aliphatic rings. The van der Waals surface area contributed by atoms with Crippen LogP contribution in [0.2, 0.25) is 5.02 Å². The molecule has 1 aliphatic carbocycles. The Balaban J connectivity index is 2.22. The van der Waals surface area contributed by atoms with Crippen molar-refractivity contribution in [2.24, 2.45) is 5.92 Å². The molecule has 0 saturated carbocycles. The highest BCUT2D eigenvalue weighted by Gasteiger charge is 2.28. The van der Waals surface area contributed by atoms with E-state index in [4.69, 9.17) is 11.6 Å². The van der Waals surface area contributed by atoms with E-state index in [1.54, 1.807) is 10.7 Å². The summed E-state index contributed by atoms with van der Waals surface area (Å²) in [5, 5.41) is 14.3. The molecular formula is C15H14BrClN2O2. The van der Waals surface area contributed by atoms with Crippen molar-refractivity contribution in [2.75, 3.05) is 0 Å². The first-order valence-corrected chi connectivity index (χ1v) is 7.94. The van der Waals surface area contributed by atoms with Crippen LogP contribution < -0.4 is 0 Å². The second kappa shape index (κ2) is 5.46. The maximum absolute atomic E-state index is 11.5. The number of nitrogens with zero attached hydrogens (tertiary/aromatic N) is 2. The number of carboxylic acid groups (broad SMARTS) is 1. The fourth-order valence-electron chi connectivity index (χ4n) is 2.82. The van der Waals surface area contributed by atoms with Crippen LogP contribution in [0.15, 0.2) is 22.7 Å². The Hall–Kier alpha value is -1.33. The molecule has 0 fully saturated rings. The fraction of sp³-hybridized carbons (Fsp3) is 0.333. The summed E-state index contributed by atoms with van der Waals surface area (Å²) >= 11 is 9.60. The Morgan fingerprint density at radius 3 is 3.00 bits per heavy atom. The first-order chi connectivity index (χ1) is 9.99. The monoisotopic (exact) mass is 368 g/mol. The summed E-state index contributed by atoms with van der Waals surface area (Å²) in [7, 11) is 0. The number of halogens is 2. The molecule has 1 atom stereocenters. The van der Waals surface area contributed by atoms with Crippen molar-refractivity contribution in [3.8, 4) is 5.69 Å². The van der Waals surface area contributed by atoms with Crippen molar-refractivity contribution in [2.45, 2.75) is 26.2 Å². The van der Waals surface area contributed by atoms with Gasteiger partial charge in [-0.15, -0.1) is 0 Å². The van der Waals surface area contributed by atoms with E-state index in [2.05, 4.69) is 28.0 Å². The molecule has 0 saturated heterocycles. The van der Waals surface area contributed by atoms with E-state index in [0.29, 0.717) is 10.9 Å². The van der Waals surface area contributed by atoms with Crippen LogP contribution in [0.25, 0.3) is 5.69 Å². The molecule has 21 heavy (non-hydrogen) atoms. The van der Waals surface area contributed by atoms with Gasteiger partial charge < -0.3 is 5.11 Å². The molecule has 0 aliphatic heterocycles. The number of hydrogen-bond acceptors (Lipinski definition) is 2. The van der Waals surface area contributed by atoms with Crippen LogP contribution in [0.5, 0.6) is 0 Å². The maximum Gasteiger partial charge on any atom is 0.356 e. The van der Waals surface area contributed by atoms with Gasteiger partial charge in [0, 0.05) is 11.3 Å². The zero-order valence-corrected chi connectivity index (χ0v) is 13.8. The number of carbonyl (C=O) groups is 1. The zero-order valence-electron chi connectivity index (χ0n) is 11.4. The van der Waals surface area contributed by atoms with Gasteiger partial charge in [-0.1, -0.05) is 24.6 Å². The van der Waals surface area contributed by atoms with Crippen molar-refractivity contribution in [3.05, 3.63) is 44.6 Å². The second-order valence-corrected chi connectivity index (χ2v) is 6.61. The summed E-state index contributed by atoms with van der Waals surface area (Å²) in [5.74, 6) is -0.492. The van der Waals surface area contributed by atoms with Crippen LogP contribution in [0.4, 0.5) is 0 Å². The first kappa shape index (κ1) is 14.6. The predicted octanol–water partition coefficient (Wildman–Crippen LogP) is 4.11. The van der Waals surface area contributed by atoms with Crippen LogP contribution in [0.1, 0.15) is 35.1 Å². The van der Waals surface area contributed by atoms with E-state index in [9.17, 15) is 9.90 Å². The molecule has 1 N–H and O–H groups in total. The number of hydrogen-bond donors (Lipinski definition) is 1.